The van der Waals surface area contributed by atoms with Gasteiger partial charge in [-0.1, -0.05) is 18.2 Å². The van der Waals surface area contributed by atoms with Gasteiger partial charge in [0, 0.05) is 18.6 Å². The van der Waals surface area contributed by atoms with Crippen molar-refractivity contribution in [2.45, 2.75) is 32.4 Å². The maximum absolute atomic E-state index is 5.70. The lowest BCUT2D eigenvalue weighted by Gasteiger charge is -2.17. The van der Waals surface area contributed by atoms with E-state index >= 15 is 0 Å². The Kier molecular flexibility index (Phi) is 5.29. The number of hydrogen-bond donors (Lipinski definition) is 2. The predicted molar refractivity (Wildman–Crippen MR) is 67.8 cm³/mol. The third-order valence-electron chi connectivity index (χ3n) is 2.51. The van der Waals surface area contributed by atoms with Gasteiger partial charge >= 0.3 is 0 Å². The molecule has 0 aliphatic heterocycles. The first-order valence-corrected chi connectivity index (χ1v) is 5.74. The molecule has 16 heavy (non-hydrogen) atoms. The van der Waals surface area contributed by atoms with Crippen LogP contribution in [0, 0.1) is 0 Å². The second kappa shape index (κ2) is 6.51. The minimum Gasteiger partial charge on any atom is -0.496 e. The van der Waals surface area contributed by atoms with E-state index in [9.17, 15) is 0 Å². The van der Waals surface area contributed by atoms with Gasteiger partial charge in [0.15, 0.2) is 0 Å². The maximum atomic E-state index is 5.70. The highest BCUT2D eigenvalue weighted by molar-refractivity contribution is 5.33. The lowest BCUT2D eigenvalue weighted by Crippen LogP contribution is -2.37. The molecule has 3 nitrogen and oxygen atoms in total. The normalized spacial score (nSPS) is 14.5. The van der Waals surface area contributed by atoms with Crippen LogP contribution in [-0.2, 0) is 6.42 Å². The summed E-state index contributed by atoms with van der Waals surface area (Å²) in [5, 5.41) is 3.40. The molecule has 90 valence electrons. The molecule has 0 radical (unpaired) electrons. The first-order chi connectivity index (χ1) is 7.63. The van der Waals surface area contributed by atoms with Gasteiger partial charge in [-0.2, -0.15) is 0 Å². The third kappa shape index (κ3) is 4.21. The van der Waals surface area contributed by atoms with Crippen molar-refractivity contribution >= 4 is 0 Å². The van der Waals surface area contributed by atoms with Gasteiger partial charge in [0.2, 0.25) is 0 Å². The van der Waals surface area contributed by atoms with E-state index in [-0.39, 0.29) is 6.04 Å². The maximum Gasteiger partial charge on any atom is 0.122 e. The van der Waals surface area contributed by atoms with E-state index in [0.29, 0.717) is 6.04 Å². The van der Waals surface area contributed by atoms with E-state index in [0.717, 1.165) is 18.7 Å². The van der Waals surface area contributed by atoms with Gasteiger partial charge in [0.1, 0.15) is 5.75 Å². The number of rotatable bonds is 6. The van der Waals surface area contributed by atoms with E-state index in [2.05, 4.69) is 18.3 Å². The summed E-state index contributed by atoms with van der Waals surface area (Å²) in [4.78, 5) is 0. The molecule has 3 heteroatoms. The highest BCUT2D eigenvalue weighted by Crippen LogP contribution is 2.18. The molecule has 0 saturated heterocycles. The molecule has 3 N–H and O–H groups in total. The summed E-state index contributed by atoms with van der Waals surface area (Å²) < 4.78 is 5.32. The van der Waals surface area contributed by atoms with Gasteiger partial charge in [-0.05, 0) is 31.9 Å². The van der Waals surface area contributed by atoms with Gasteiger partial charge < -0.3 is 15.8 Å². The van der Waals surface area contributed by atoms with Crippen LogP contribution in [0.4, 0.5) is 0 Å². The van der Waals surface area contributed by atoms with Crippen molar-refractivity contribution in [3.8, 4) is 5.75 Å². The van der Waals surface area contributed by atoms with Crippen LogP contribution in [0.2, 0.25) is 0 Å². The van der Waals surface area contributed by atoms with E-state index in [1.165, 1.54) is 5.56 Å². The summed E-state index contributed by atoms with van der Waals surface area (Å²) in [6.07, 6.45) is 0.955. The van der Waals surface area contributed by atoms with Crippen LogP contribution in [0.15, 0.2) is 24.3 Å². The minimum atomic E-state index is 0.195. The largest absolute Gasteiger partial charge is 0.496 e. The van der Waals surface area contributed by atoms with Crippen LogP contribution >= 0.6 is 0 Å². The van der Waals surface area contributed by atoms with Crippen molar-refractivity contribution in [2.24, 2.45) is 5.73 Å². The van der Waals surface area contributed by atoms with Crippen molar-refractivity contribution in [1.82, 2.24) is 5.32 Å². The summed E-state index contributed by atoms with van der Waals surface area (Å²) in [7, 11) is 1.71. The first kappa shape index (κ1) is 13.0. The molecule has 1 rings (SSSR count). The molecule has 1 aromatic rings. The van der Waals surface area contributed by atoms with Crippen molar-refractivity contribution in [1.29, 1.82) is 0 Å². The van der Waals surface area contributed by atoms with Crippen molar-refractivity contribution in [2.75, 3.05) is 13.7 Å². The smallest absolute Gasteiger partial charge is 0.122 e. The van der Waals surface area contributed by atoms with Gasteiger partial charge in [-0.3, -0.25) is 0 Å². The fraction of sp³-hybridized carbons (Fsp3) is 0.538. The van der Waals surface area contributed by atoms with Crippen LogP contribution in [0.1, 0.15) is 19.4 Å². The highest BCUT2D eigenvalue weighted by atomic mass is 16.5. The molecule has 0 bridgehead atoms. The number of nitrogens with two attached hydrogens (primary N) is 1. The molecule has 1 aromatic carbocycles. The molecule has 2 atom stereocenters. The SMILES string of the molecule is COc1ccccc1CC(C)NCC(C)N. The number of para-hydroxylation sites is 1. The minimum absolute atomic E-state index is 0.195. The zero-order valence-corrected chi connectivity index (χ0v) is 10.4. The fourth-order valence-corrected chi connectivity index (χ4v) is 1.66. The van der Waals surface area contributed by atoms with E-state index in [4.69, 9.17) is 10.5 Å². The van der Waals surface area contributed by atoms with Crippen LogP contribution < -0.4 is 15.8 Å². The summed E-state index contributed by atoms with van der Waals surface area (Å²) in [5.41, 5.74) is 6.93. The van der Waals surface area contributed by atoms with Gasteiger partial charge in [-0.25, -0.2) is 0 Å². The monoisotopic (exact) mass is 222 g/mol. The molecule has 0 aliphatic rings. The number of nitrogens with one attached hydrogen (secondary N) is 1. The zero-order chi connectivity index (χ0) is 12.0. The van der Waals surface area contributed by atoms with Crippen LogP contribution in [-0.4, -0.2) is 25.7 Å². The average molecular weight is 222 g/mol. The molecule has 0 saturated carbocycles. The number of ether oxygens (including phenoxy) is 1. The second-order valence-electron chi connectivity index (χ2n) is 4.30. The number of methoxy groups -OCH3 is 1. The molecule has 0 spiro atoms. The van der Waals surface area contributed by atoms with Crippen LogP contribution in [0.25, 0.3) is 0 Å². The Hall–Kier alpha value is -1.06. The third-order valence-corrected chi connectivity index (χ3v) is 2.51. The predicted octanol–water partition coefficient (Wildman–Crippen LogP) is 1.56. The Morgan fingerprint density at radius 1 is 1.31 bits per heavy atom. The first-order valence-electron chi connectivity index (χ1n) is 5.74. The molecule has 0 aromatic heterocycles. The molecule has 0 amide bonds. The number of benzene rings is 1. The van der Waals surface area contributed by atoms with E-state index in [1.807, 2.05) is 25.1 Å². The molecule has 0 aliphatic carbocycles. The summed E-state index contributed by atoms with van der Waals surface area (Å²) in [6, 6.07) is 8.72. The second-order valence-corrected chi connectivity index (χ2v) is 4.30. The quantitative estimate of drug-likeness (QED) is 0.768. The molecular weight excluding hydrogens is 200 g/mol. The van der Waals surface area contributed by atoms with E-state index in [1.54, 1.807) is 7.11 Å². The van der Waals surface area contributed by atoms with Crippen molar-refractivity contribution in [3.05, 3.63) is 29.8 Å². The van der Waals surface area contributed by atoms with Gasteiger partial charge in [-0.15, -0.1) is 0 Å². The lowest BCUT2D eigenvalue weighted by molar-refractivity contribution is 0.405. The molecule has 2 unspecified atom stereocenters. The Morgan fingerprint density at radius 3 is 2.62 bits per heavy atom. The van der Waals surface area contributed by atoms with Gasteiger partial charge in [0.25, 0.3) is 0 Å². The Labute approximate surface area is 98.0 Å². The van der Waals surface area contributed by atoms with Crippen LogP contribution in [0.5, 0.6) is 5.75 Å². The molecule has 0 fully saturated rings. The van der Waals surface area contributed by atoms with Crippen molar-refractivity contribution < 1.29 is 4.74 Å². The summed E-state index contributed by atoms with van der Waals surface area (Å²) in [6.45, 7) is 5.01. The Morgan fingerprint density at radius 2 is 2.00 bits per heavy atom. The molecular formula is C13H22N2O. The van der Waals surface area contributed by atoms with E-state index < -0.39 is 0 Å². The van der Waals surface area contributed by atoms with Crippen molar-refractivity contribution in [3.63, 3.8) is 0 Å². The zero-order valence-electron chi connectivity index (χ0n) is 10.4. The average Bonchev–Trinajstić information content (AvgIpc) is 2.27. The molecule has 0 heterocycles. The topological polar surface area (TPSA) is 47.3 Å². The Balaban J connectivity index is 2.51. The van der Waals surface area contributed by atoms with Gasteiger partial charge in [0.05, 0.1) is 7.11 Å². The highest BCUT2D eigenvalue weighted by Gasteiger charge is 2.07. The van der Waals surface area contributed by atoms with Crippen LogP contribution in [0.3, 0.4) is 0 Å². The number of hydrogen-bond acceptors (Lipinski definition) is 3. The summed E-state index contributed by atoms with van der Waals surface area (Å²) >= 11 is 0. The summed E-state index contributed by atoms with van der Waals surface area (Å²) in [5.74, 6) is 0.956. The fourth-order valence-electron chi connectivity index (χ4n) is 1.66. The Bertz CT molecular complexity index is 313. The standard InChI is InChI=1S/C13H22N2O/c1-10(14)9-15-11(2)8-12-6-4-5-7-13(12)16-3/h4-7,10-11,15H,8-9,14H2,1-3H3. The lowest BCUT2D eigenvalue weighted by atomic mass is 10.1.